The molecule has 1 rings (SSSR count). The van der Waals surface area contributed by atoms with Crippen LogP contribution < -0.4 is 5.32 Å². The van der Waals surface area contributed by atoms with Gasteiger partial charge in [-0.15, -0.1) is 0 Å². The minimum atomic E-state index is -3.34. The molecule has 100 valence electrons. The Labute approximate surface area is 108 Å². The molecule has 0 fully saturated rings. The first-order chi connectivity index (χ1) is 8.40. The van der Waals surface area contributed by atoms with Crippen LogP contribution in [-0.4, -0.2) is 25.3 Å². The maximum Gasteiger partial charge on any atom is 0.242 e. The molecule has 4 nitrogen and oxygen atoms in total. The summed E-state index contributed by atoms with van der Waals surface area (Å²) in [7, 11) is -3.34. The molecule has 0 heterocycles. The Balaban J connectivity index is 2.75. The molecule has 1 N–H and O–H groups in total. The van der Waals surface area contributed by atoms with Crippen LogP contribution in [0.5, 0.6) is 0 Å². The number of aryl methyl sites for hydroxylation is 1. The zero-order valence-electron chi connectivity index (χ0n) is 10.9. The summed E-state index contributed by atoms with van der Waals surface area (Å²) < 4.78 is 23.1. The smallest absolute Gasteiger partial charge is 0.242 e. The SMILES string of the molecule is CCc1ccc(NC(=O)C(C)S(=O)(=O)CC)cc1. The first kappa shape index (κ1) is 14.7. The zero-order valence-corrected chi connectivity index (χ0v) is 11.8. The Bertz CT molecular complexity index is 506. The minimum Gasteiger partial charge on any atom is -0.325 e. The van der Waals surface area contributed by atoms with Crippen LogP contribution in [0.3, 0.4) is 0 Å². The van der Waals surface area contributed by atoms with Crippen molar-refractivity contribution in [3.8, 4) is 0 Å². The second-order valence-corrected chi connectivity index (χ2v) is 6.74. The molecule has 1 amide bonds. The summed E-state index contributed by atoms with van der Waals surface area (Å²) >= 11 is 0. The third kappa shape index (κ3) is 3.57. The second-order valence-electron chi connectivity index (χ2n) is 4.13. The van der Waals surface area contributed by atoms with Gasteiger partial charge >= 0.3 is 0 Å². The monoisotopic (exact) mass is 269 g/mol. The average Bonchev–Trinajstić information content (AvgIpc) is 2.38. The van der Waals surface area contributed by atoms with Gasteiger partial charge in [-0.25, -0.2) is 8.42 Å². The van der Waals surface area contributed by atoms with Crippen molar-refractivity contribution in [2.45, 2.75) is 32.4 Å². The molecule has 0 aliphatic carbocycles. The van der Waals surface area contributed by atoms with Crippen molar-refractivity contribution in [3.63, 3.8) is 0 Å². The quantitative estimate of drug-likeness (QED) is 0.889. The molecule has 1 atom stereocenters. The fraction of sp³-hybridized carbons (Fsp3) is 0.462. The third-order valence-corrected chi connectivity index (χ3v) is 5.04. The number of sulfone groups is 1. The van der Waals surface area contributed by atoms with Gasteiger partial charge in [-0.1, -0.05) is 26.0 Å². The predicted molar refractivity (Wildman–Crippen MR) is 73.4 cm³/mol. The first-order valence-electron chi connectivity index (χ1n) is 6.02. The van der Waals surface area contributed by atoms with Gasteiger partial charge in [-0.2, -0.15) is 0 Å². The van der Waals surface area contributed by atoms with E-state index in [0.29, 0.717) is 5.69 Å². The van der Waals surface area contributed by atoms with E-state index in [2.05, 4.69) is 5.32 Å². The molecular weight excluding hydrogens is 250 g/mol. The molecule has 18 heavy (non-hydrogen) atoms. The largest absolute Gasteiger partial charge is 0.325 e. The minimum absolute atomic E-state index is 0.0314. The van der Waals surface area contributed by atoms with Gasteiger partial charge in [0.2, 0.25) is 5.91 Å². The highest BCUT2D eigenvalue weighted by atomic mass is 32.2. The van der Waals surface area contributed by atoms with Gasteiger partial charge in [0.25, 0.3) is 0 Å². The number of hydrogen-bond acceptors (Lipinski definition) is 3. The number of carbonyl (C=O) groups excluding carboxylic acids is 1. The maximum absolute atomic E-state index is 11.8. The van der Waals surface area contributed by atoms with E-state index in [0.717, 1.165) is 6.42 Å². The molecule has 0 aromatic heterocycles. The van der Waals surface area contributed by atoms with Crippen LogP contribution in [0, 0.1) is 0 Å². The van der Waals surface area contributed by atoms with Gasteiger partial charge in [-0.3, -0.25) is 4.79 Å². The molecule has 0 saturated carbocycles. The Morgan fingerprint density at radius 2 is 1.78 bits per heavy atom. The Morgan fingerprint density at radius 1 is 1.22 bits per heavy atom. The van der Waals surface area contributed by atoms with Crippen molar-refractivity contribution in [1.82, 2.24) is 0 Å². The summed E-state index contributed by atoms with van der Waals surface area (Å²) in [6, 6.07) is 7.38. The van der Waals surface area contributed by atoms with E-state index < -0.39 is 21.0 Å². The molecule has 1 aromatic carbocycles. The summed E-state index contributed by atoms with van der Waals surface area (Å²) in [5.74, 6) is -0.516. The number of rotatable bonds is 5. The van der Waals surface area contributed by atoms with Crippen LogP contribution >= 0.6 is 0 Å². The van der Waals surface area contributed by atoms with Gasteiger partial charge < -0.3 is 5.32 Å². The van der Waals surface area contributed by atoms with Crippen LogP contribution in [-0.2, 0) is 21.1 Å². The van der Waals surface area contributed by atoms with E-state index in [1.54, 1.807) is 12.1 Å². The normalized spacial score (nSPS) is 13.1. The van der Waals surface area contributed by atoms with Crippen LogP contribution in [0.25, 0.3) is 0 Å². The van der Waals surface area contributed by atoms with Gasteiger partial charge in [-0.05, 0) is 31.0 Å². The summed E-state index contributed by atoms with van der Waals surface area (Å²) in [5.41, 5.74) is 1.79. The molecule has 0 radical (unpaired) electrons. The van der Waals surface area contributed by atoms with E-state index in [1.807, 2.05) is 19.1 Å². The van der Waals surface area contributed by atoms with Crippen LogP contribution in [0.4, 0.5) is 5.69 Å². The van der Waals surface area contributed by atoms with E-state index >= 15 is 0 Å². The number of amides is 1. The van der Waals surface area contributed by atoms with Crippen LogP contribution in [0.2, 0.25) is 0 Å². The fourth-order valence-corrected chi connectivity index (χ4v) is 2.37. The first-order valence-corrected chi connectivity index (χ1v) is 7.73. The van der Waals surface area contributed by atoms with Crippen molar-refractivity contribution in [3.05, 3.63) is 29.8 Å². The predicted octanol–water partition coefficient (Wildman–Crippen LogP) is 2.01. The van der Waals surface area contributed by atoms with Gasteiger partial charge in [0.05, 0.1) is 0 Å². The molecule has 0 aliphatic rings. The molecular formula is C13H19NO3S. The number of anilines is 1. The Morgan fingerprint density at radius 3 is 2.22 bits per heavy atom. The van der Waals surface area contributed by atoms with Gasteiger partial charge in [0.15, 0.2) is 9.84 Å². The van der Waals surface area contributed by atoms with Crippen molar-refractivity contribution in [2.75, 3.05) is 11.1 Å². The molecule has 0 aliphatic heterocycles. The molecule has 0 spiro atoms. The van der Waals surface area contributed by atoms with Gasteiger partial charge in [0.1, 0.15) is 5.25 Å². The lowest BCUT2D eigenvalue weighted by atomic mass is 10.1. The van der Waals surface area contributed by atoms with Crippen molar-refractivity contribution in [2.24, 2.45) is 0 Å². The number of benzene rings is 1. The van der Waals surface area contributed by atoms with E-state index in [9.17, 15) is 13.2 Å². The van der Waals surface area contributed by atoms with Crippen molar-refractivity contribution in [1.29, 1.82) is 0 Å². The lowest BCUT2D eigenvalue weighted by Crippen LogP contribution is -2.33. The topological polar surface area (TPSA) is 63.2 Å². The maximum atomic E-state index is 11.8. The van der Waals surface area contributed by atoms with E-state index in [1.165, 1.54) is 19.4 Å². The van der Waals surface area contributed by atoms with Crippen molar-refractivity contribution >= 4 is 21.4 Å². The number of nitrogens with one attached hydrogen (secondary N) is 1. The molecule has 5 heteroatoms. The molecule has 0 saturated heterocycles. The second kappa shape index (κ2) is 6.00. The van der Waals surface area contributed by atoms with Crippen LogP contribution in [0.1, 0.15) is 26.3 Å². The van der Waals surface area contributed by atoms with Crippen LogP contribution in [0.15, 0.2) is 24.3 Å². The van der Waals surface area contributed by atoms with E-state index in [-0.39, 0.29) is 5.75 Å². The van der Waals surface area contributed by atoms with E-state index in [4.69, 9.17) is 0 Å². The summed E-state index contributed by atoms with van der Waals surface area (Å²) in [6.45, 7) is 4.99. The van der Waals surface area contributed by atoms with Gasteiger partial charge in [0, 0.05) is 11.4 Å². The standard InChI is InChI=1S/C13H19NO3S/c1-4-11-6-8-12(9-7-11)14-13(15)10(3)18(16,17)5-2/h6-10H,4-5H2,1-3H3,(H,14,15). The molecule has 0 bridgehead atoms. The average molecular weight is 269 g/mol. The number of hydrogen-bond donors (Lipinski definition) is 1. The third-order valence-electron chi connectivity index (χ3n) is 2.94. The number of carbonyl (C=O) groups is 1. The summed E-state index contributed by atoms with van der Waals surface area (Å²) in [4.78, 5) is 11.8. The fourth-order valence-electron chi connectivity index (χ4n) is 1.48. The summed E-state index contributed by atoms with van der Waals surface area (Å²) in [5, 5.41) is 1.60. The zero-order chi connectivity index (χ0) is 13.8. The molecule has 1 aromatic rings. The lowest BCUT2D eigenvalue weighted by Gasteiger charge is -2.12. The van der Waals surface area contributed by atoms with Crippen molar-refractivity contribution < 1.29 is 13.2 Å². The lowest BCUT2D eigenvalue weighted by molar-refractivity contribution is -0.115. The highest BCUT2D eigenvalue weighted by Gasteiger charge is 2.26. The Hall–Kier alpha value is -1.36. The molecule has 1 unspecified atom stereocenters. The highest BCUT2D eigenvalue weighted by molar-refractivity contribution is 7.92. The summed E-state index contributed by atoms with van der Waals surface area (Å²) in [6.07, 6.45) is 0.925. The Kier molecular flexibility index (Phi) is 4.90. The highest BCUT2D eigenvalue weighted by Crippen LogP contribution is 2.12.